The molecular weight excluding hydrogens is 234 g/mol. The van der Waals surface area contributed by atoms with Crippen LogP contribution in [0.5, 0.6) is 0 Å². The molecule has 1 aliphatic heterocycles. The number of benzene rings is 1. The maximum Gasteiger partial charge on any atom is 0.131 e. The smallest absolute Gasteiger partial charge is 0.131 e. The molecule has 1 aromatic heterocycles. The van der Waals surface area contributed by atoms with Gasteiger partial charge in [-0.3, -0.25) is 9.98 Å². The lowest BCUT2D eigenvalue weighted by atomic mass is 10.1. The highest BCUT2D eigenvalue weighted by atomic mass is 15.3. The van der Waals surface area contributed by atoms with E-state index in [0.29, 0.717) is 6.04 Å². The van der Waals surface area contributed by atoms with Crippen LogP contribution in [0.2, 0.25) is 0 Å². The molecule has 3 rings (SSSR count). The summed E-state index contributed by atoms with van der Waals surface area (Å²) in [5.41, 5.74) is 2.48. The summed E-state index contributed by atoms with van der Waals surface area (Å²) < 4.78 is 0. The van der Waals surface area contributed by atoms with Gasteiger partial charge in [-0.1, -0.05) is 30.3 Å². The van der Waals surface area contributed by atoms with Gasteiger partial charge in [0.15, 0.2) is 0 Å². The van der Waals surface area contributed by atoms with Gasteiger partial charge in [0.05, 0.1) is 12.6 Å². The highest BCUT2D eigenvalue weighted by Crippen LogP contribution is 2.28. The van der Waals surface area contributed by atoms with Gasteiger partial charge in [0.2, 0.25) is 0 Å². The molecule has 0 N–H and O–H groups in total. The van der Waals surface area contributed by atoms with Crippen LogP contribution in [0.4, 0.5) is 0 Å². The minimum Gasteiger partial charge on any atom is -0.348 e. The summed E-state index contributed by atoms with van der Waals surface area (Å²) in [6.45, 7) is 3.97. The largest absolute Gasteiger partial charge is 0.348 e. The first kappa shape index (κ1) is 11.9. The zero-order valence-electron chi connectivity index (χ0n) is 11.0. The van der Waals surface area contributed by atoms with E-state index in [1.807, 2.05) is 24.5 Å². The summed E-state index contributed by atoms with van der Waals surface area (Å²) >= 11 is 0. The predicted molar refractivity (Wildman–Crippen MR) is 77.2 cm³/mol. The van der Waals surface area contributed by atoms with Crippen LogP contribution in [0.1, 0.15) is 24.1 Å². The Labute approximate surface area is 113 Å². The summed E-state index contributed by atoms with van der Waals surface area (Å²) in [5.74, 6) is 1.08. The van der Waals surface area contributed by atoms with E-state index in [-0.39, 0.29) is 0 Å². The van der Waals surface area contributed by atoms with Crippen molar-refractivity contribution in [2.45, 2.75) is 13.0 Å². The summed E-state index contributed by atoms with van der Waals surface area (Å²) in [6, 6.07) is 15.0. The molecule has 19 heavy (non-hydrogen) atoms. The Morgan fingerprint density at radius 3 is 2.53 bits per heavy atom. The van der Waals surface area contributed by atoms with Crippen molar-refractivity contribution in [2.24, 2.45) is 4.99 Å². The predicted octanol–water partition coefficient (Wildman–Crippen LogP) is 2.91. The van der Waals surface area contributed by atoms with Crippen molar-refractivity contribution in [2.75, 3.05) is 13.1 Å². The summed E-state index contributed by atoms with van der Waals surface area (Å²) in [7, 11) is 0. The zero-order valence-corrected chi connectivity index (χ0v) is 11.0. The molecule has 0 amide bonds. The van der Waals surface area contributed by atoms with Crippen LogP contribution in [0.25, 0.3) is 0 Å². The molecule has 1 atom stereocenters. The molecule has 0 fully saturated rings. The number of aromatic nitrogens is 1. The Hall–Kier alpha value is -2.16. The van der Waals surface area contributed by atoms with E-state index < -0.39 is 0 Å². The first-order valence-corrected chi connectivity index (χ1v) is 6.66. The first-order chi connectivity index (χ1) is 9.40. The van der Waals surface area contributed by atoms with Crippen molar-refractivity contribution in [3.05, 3.63) is 66.0 Å². The lowest BCUT2D eigenvalue weighted by Gasteiger charge is -2.27. The Bertz CT molecular complexity index is 563. The normalized spacial score (nSPS) is 18.5. The van der Waals surface area contributed by atoms with E-state index in [1.165, 1.54) is 5.56 Å². The lowest BCUT2D eigenvalue weighted by molar-refractivity contribution is 0.368. The first-order valence-electron chi connectivity index (χ1n) is 6.66. The van der Waals surface area contributed by atoms with Gasteiger partial charge in [0.1, 0.15) is 5.84 Å². The van der Waals surface area contributed by atoms with E-state index in [4.69, 9.17) is 4.99 Å². The number of aliphatic imine (C=N–C) groups is 1. The second kappa shape index (κ2) is 5.22. The number of hydrogen-bond donors (Lipinski definition) is 0. The number of pyridine rings is 1. The molecule has 0 saturated heterocycles. The van der Waals surface area contributed by atoms with Crippen LogP contribution in [-0.2, 0) is 0 Å². The van der Waals surface area contributed by atoms with Gasteiger partial charge in [-0.25, -0.2) is 0 Å². The summed E-state index contributed by atoms with van der Waals surface area (Å²) in [6.07, 6.45) is 3.64. The molecule has 1 aliphatic rings. The van der Waals surface area contributed by atoms with Gasteiger partial charge >= 0.3 is 0 Å². The van der Waals surface area contributed by atoms with E-state index in [2.05, 4.69) is 47.1 Å². The minimum atomic E-state index is 0.356. The van der Waals surface area contributed by atoms with Crippen molar-refractivity contribution < 1.29 is 0 Å². The Balaban J connectivity index is 1.90. The van der Waals surface area contributed by atoms with Crippen molar-refractivity contribution in [3.63, 3.8) is 0 Å². The quantitative estimate of drug-likeness (QED) is 0.839. The molecular formula is C16H17N3. The summed E-state index contributed by atoms with van der Waals surface area (Å²) in [5, 5.41) is 0. The van der Waals surface area contributed by atoms with Gasteiger partial charge in [0, 0.05) is 24.5 Å². The van der Waals surface area contributed by atoms with Crippen LogP contribution in [-0.4, -0.2) is 28.8 Å². The number of rotatable bonds is 3. The molecule has 96 valence electrons. The number of hydrogen-bond acceptors (Lipinski definition) is 3. The second-order valence-electron chi connectivity index (χ2n) is 4.61. The fraction of sp³-hybridized carbons (Fsp3) is 0.250. The number of likely N-dealkylation sites (N-methyl/N-ethyl adjacent to an activating group) is 1. The van der Waals surface area contributed by atoms with Crippen molar-refractivity contribution in [3.8, 4) is 0 Å². The van der Waals surface area contributed by atoms with Gasteiger partial charge < -0.3 is 4.90 Å². The molecule has 1 aromatic carbocycles. The molecule has 0 radical (unpaired) electrons. The Kier molecular flexibility index (Phi) is 3.27. The zero-order chi connectivity index (χ0) is 13.1. The molecule has 0 bridgehead atoms. The van der Waals surface area contributed by atoms with Gasteiger partial charge in [0.25, 0.3) is 0 Å². The SMILES string of the molecule is CCN1C(c2ccncc2)=NCC1c1ccccc1. The molecule has 2 heterocycles. The maximum absolute atomic E-state index is 4.73. The molecule has 0 saturated carbocycles. The fourth-order valence-corrected chi connectivity index (χ4v) is 2.60. The molecule has 0 spiro atoms. The average Bonchev–Trinajstić information content (AvgIpc) is 2.93. The monoisotopic (exact) mass is 251 g/mol. The third kappa shape index (κ3) is 2.24. The third-order valence-corrected chi connectivity index (χ3v) is 3.53. The standard InChI is InChI=1S/C16H17N3/c1-2-19-15(13-6-4-3-5-7-13)12-18-16(19)14-8-10-17-11-9-14/h3-11,15H,2,12H2,1H3. The fourth-order valence-electron chi connectivity index (χ4n) is 2.60. The van der Waals surface area contributed by atoms with Crippen LogP contribution >= 0.6 is 0 Å². The summed E-state index contributed by atoms with van der Waals surface area (Å²) in [4.78, 5) is 11.2. The van der Waals surface area contributed by atoms with Crippen LogP contribution in [0.3, 0.4) is 0 Å². The molecule has 0 aliphatic carbocycles. The maximum atomic E-state index is 4.73. The number of nitrogens with zero attached hydrogens (tertiary/aromatic N) is 3. The second-order valence-corrected chi connectivity index (χ2v) is 4.61. The van der Waals surface area contributed by atoms with Gasteiger partial charge in [-0.05, 0) is 24.6 Å². The average molecular weight is 251 g/mol. The lowest BCUT2D eigenvalue weighted by Crippen LogP contribution is -2.31. The van der Waals surface area contributed by atoms with E-state index in [1.54, 1.807) is 0 Å². The van der Waals surface area contributed by atoms with E-state index >= 15 is 0 Å². The van der Waals surface area contributed by atoms with Crippen LogP contribution < -0.4 is 0 Å². The van der Waals surface area contributed by atoms with Gasteiger partial charge in [-0.15, -0.1) is 0 Å². The molecule has 3 nitrogen and oxygen atoms in total. The van der Waals surface area contributed by atoms with Crippen molar-refractivity contribution >= 4 is 5.84 Å². The Morgan fingerprint density at radius 2 is 1.84 bits per heavy atom. The third-order valence-electron chi connectivity index (χ3n) is 3.53. The van der Waals surface area contributed by atoms with Crippen molar-refractivity contribution in [1.29, 1.82) is 0 Å². The van der Waals surface area contributed by atoms with E-state index in [9.17, 15) is 0 Å². The Morgan fingerprint density at radius 1 is 1.11 bits per heavy atom. The van der Waals surface area contributed by atoms with Crippen molar-refractivity contribution in [1.82, 2.24) is 9.88 Å². The molecule has 3 heteroatoms. The highest BCUT2D eigenvalue weighted by Gasteiger charge is 2.28. The number of amidine groups is 1. The van der Waals surface area contributed by atoms with Gasteiger partial charge in [-0.2, -0.15) is 0 Å². The van der Waals surface area contributed by atoms with E-state index in [0.717, 1.165) is 24.5 Å². The van der Waals surface area contributed by atoms with Crippen LogP contribution in [0.15, 0.2) is 59.9 Å². The topological polar surface area (TPSA) is 28.5 Å². The molecule has 2 aromatic rings. The van der Waals surface area contributed by atoms with Crippen LogP contribution in [0, 0.1) is 0 Å². The molecule has 1 unspecified atom stereocenters. The minimum absolute atomic E-state index is 0.356. The highest BCUT2D eigenvalue weighted by molar-refractivity contribution is 6.00.